The van der Waals surface area contributed by atoms with Crippen LogP contribution in [0.15, 0.2) is 18.2 Å². The normalized spacial score (nSPS) is 22.1. The quantitative estimate of drug-likeness (QED) is 0.682. The fourth-order valence-corrected chi connectivity index (χ4v) is 4.40. The summed E-state index contributed by atoms with van der Waals surface area (Å²) < 4.78 is 38.4. The molecule has 0 aliphatic carbocycles. The molecule has 1 aromatic rings. The van der Waals surface area contributed by atoms with Crippen molar-refractivity contribution in [2.45, 2.75) is 63.5 Å². The van der Waals surface area contributed by atoms with Crippen molar-refractivity contribution in [3.63, 3.8) is 0 Å². The predicted octanol–water partition coefficient (Wildman–Crippen LogP) is 3.93. The molecule has 0 saturated carbocycles. The summed E-state index contributed by atoms with van der Waals surface area (Å²) in [4.78, 5) is 4.10. The summed E-state index contributed by atoms with van der Waals surface area (Å²) in [5, 5.41) is 10.3. The molecule has 3 rings (SSSR count). The van der Waals surface area contributed by atoms with Crippen LogP contribution in [0.4, 0.5) is 8.78 Å². The van der Waals surface area contributed by atoms with E-state index in [2.05, 4.69) is 11.0 Å². The molecular weight excluding hydrogens is 390 g/mol. The average molecular weight is 427 g/mol. The van der Waals surface area contributed by atoms with Gasteiger partial charge in [-0.3, -0.25) is 9.80 Å². The molecule has 2 aliphatic heterocycles. The molecular formula is C23H36F2N2O3. The molecule has 2 saturated heterocycles. The Morgan fingerprint density at radius 3 is 2.40 bits per heavy atom. The lowest BCUT2D eigenvalue weighted by atomic mass is 10.1. The number of hydrogen-bond acceptors (Lipinski definition) is 5. The van der Waals surface area contributed by atoms with Gasteiger partial charge in [0.15, 0.2) is 11.5 Å². The zero-order chi connectivity index (χ0) is 21.4. The second kappa shape index (κ2) is 11.3. The monoisotopic (exact) mass is 426 g/mol. The van der Waals surface area contributed by atoms with Gasteiger partial charge in [-0.05, 0) is 56.6 Å². The molecule has 0 bridgehead atoms. The Hall–Kier alpha value is -1.44. The van der Waals surface area contributed by atoms with Gasteiger partial charge in [-0.15, -0.1) is 0 Å². The van der Waals surface area contributed by atoms with E-state index in [1.165, 1.54) is 32.1 Å². The SMILES string of the molecule is COc1ccc(CN2CCCCCCC2)cc1OCC(O)CN1CCCC(F)(F)C1. The number of rotatable bonds is 8. The minimum Gasteiger partial charge on any atom is -0.493 e. The third-order valence-electron chi connectivity index (χ3n) is 5.95. The van der Waals surface area contributed by atoms with Crippen molar-refractivity contribution in [3.8, 4) is 11.5 Å². The molecule has 5 nitrogen and oxygen atoms in total. The molecule has 170 valence electrons. The summed E-state index contributed by atoms with van der Waals surface area (Å²) in [6.45, 7) is 3.62. The van der Waals surface area contributed by atoms with Crippen molar-refractivity contribution in [1.29, 1.82) is 0 Å². The summed E-state index contributed by atoms with van der Waals surface area (Å²) in [6.07, 6.45) is 5.96. The second-order valence-electron chi connectivity index (χ2n) is 8.69. The third-order valence-corrected chi connectivity index (χ3v) is 5.95. The number of likely N-dealkylation sites (tertiary alicyclic amines) is 2. The van der Waals surface area contributed by atoms with Crippen molar-refractivity contribution in [3.05, 3.63) is 23.8 Å². The first-order chi connectivity index (χ1) is 14.4. The van der Waals surface area contributed by atoms with Gasteiger partial charge >= 0.3 is 0 Å². The molecule has 1 N–H and O–H groups in total. The van der Waals surface area contributed by atoms with E-state index in [0.29, 0.717) is 24.5 Å². The molecule has 1 atom stereocenters. The highest BCUT2D eigenvalue weighted by molar-refractivity contribution is 5.43. The largest absolute Gasteiger partial charge is 0.493 e. The van der Waals surface area contributed by atoms with Gasteiger partial charge in [-0.2, -0.15) is 0 Å². The van der Waals surface area contributed by atoms with Crippen molar-refractivity contribution >= 4 is 0 Å². The Morgan fingerprint density at radius 1 is 1.00 bits per heavy atom. The summed E-state index contributed by atoms with van der Waals surface area (Å²) in [5.41, 5.74) is 1.15. The Bertz CT molecular complexity index is 651. The fourth-order valence-electron chi connectivity index (χ4n) is 4.40. The zero-order valence-corrected chi connectivity index (χ0v) is 18.1. The molecule has 0 amide bonds. The first-order valence-corrected chi connectivity index (χ1v) is 11.3. The number of methoxy groups -OCH3 is 1. The maximum absolute atomic E-state index is 13.6. The fraction of sp³-hybridized carbons (Fsp3) is 0.739. The second-order valence-corrected chi connectivity index (χ2v) is 8.69. The first kappa shape index (κ1) is 23.2. The van der Waals surface area contributed by atoms with E-state index in [1.54, 1.807) is 12.0 Å². The van der Waals surface area contributed by atoms with Crippen LogP contribution in [0.1, 0.15) is 50.5 Å². The van der Waals surface area contributed by atoms with Crippen LogP contribution in [0.3, 0.4) is 0 Å². The number of β-amino-alcohol motifs (C(OH)–C–C–N with tert-alkyl or cyclic N) is 1. The molecule has 0 spiro atoms. The highest BCUT2D eigenvalue weighted by atomic mass is 19.3. The summed E-state index contributed by atoms with van der Waals surface area (Å²) in [5.74, 6) is -1.46. The number of nitrogens with zero attached hydrogens (tertiary/aromatic N) is 2. The number of aliphatic hydroxyl groups is 1. The average Bonchev–Trinajstić information content (AvgIpc) is 2.67. The van der Waals surface area contributed by atoms with E-state index in [-0.39, 0.29) is 26.1 Å². The number of halogens is 2. The minimum atomic E-state index is -2.66. The van der Waals surface area contributed by atoms with Gasteiger partial charge in [-0.25, -0.2) is 8.78 Å². The van der Waals surface area contributed by atoms with Crippen molar-refractivity contribution in [2.24, 2.45) is 0 Å². The van der Waals surface area contributed by atoms with Crippen LogP contribution < -0.4 is 9.47 Å². The first-order valence-electron chi connectivity index (χ1n) is 11.3. The van der Waals surface area contributed by atoms with E-state index in [0.717, 1.165) is 25.2 Å². The molecule has 0 aromatic heterocycles. The Balaban J connectivity index is 1.54. The van der Waals surface area contributed by atoms with Gasteiger partial charge in [0, 0.05) is 19.5 Å². The molecule has 30 heavy (non-hydrogen) atoms. The van der Waals surface area contributed by atoms with Gasteiger partial charge in [0.25, 0.3) is 5.92 Å². The van der Waals surface area contributed by atoms with Crippen molar-refractivity contribution < 1.29 is 23.4 Å². The number of benzene rings is 1. The zero-order valence-electron chi connectivity index (χ0n) is 18.1. The number of hydrogen-bond donors (Lipinski definition) is 1. The maximum atomic E-state index is 13.6. The Morgan fingerprint density at radius 2 is 1.70 bits per heavy atom. The minimum absolute atomic E-state index is 0.0472. The lowest BCUT2D eigenvalue weighted by Gasteiger charge is -2.33. The Kier molecular flexibility index (Phi) is 8.72. The van der Waals surface area contributed by atoms with E-state index in [1.807, 2.05) is 12.1 Å². The van der Waals surface area contributed by atoms with Gasteiger partial charge < -0.3 is 14.6 Å². The highest BCUT2D eigenvalue weighted by Gasteiger charge is 2.35. The lowest BCUT2D eigenvalue weighted by Crippen LogP contribution is -2.46. The number of aliphatic hydroxyl groups excluding tert-OH is 1. The van der Waals surface area contributed by atoms with Crippen LogP contribution in [0.25, 0.3) is 0 Å². The molecule has 2 fully saturated rings. The standard InChI is InChI=1S/C23H36F2N2O3/c1-29-21-9-8-19(15-26-11-5-3-2-4-6-12-26)14-22(21)30-17-20(28)16-27-13-7-10-23(24,25)18-27/h8-9,14,20,28H,2-7,10-13,15-18H2,1H3. The molecule has 7 heteroatoms. The number of alkyl halides is 2. The molecule has 2 aliphatic rings. The smallest absolute Gasteiger partial charge is 0.260 e. The van der Waals surface area contributed by atoms with Crippen LogP contribution in [0, 0.1) is 0 Å². The summed E-state index contributed by atoms with van der Waals surface area (Å²) in [7, 11) is 1.59. The molecule has 1 unspecified atom stereocenters. The molecule has 2 heterocycles. The van der Waals surface area contributed by atoms with Crippen LogP contribution in [-0.2, 0) is 6.54 Å². The van der Waals surface area contributed by atoms with Crippen molar-refractivity contribution in [1.82, 2.24) is 9.80 Å². The van der Waals surface area contributed by atoms with Crippen LogP contribution in [-0.4, -0.2) is 73.4 Å². The molecule has 1 aromatic carbocycles. The van der Waals surface area contributed by atoms with Gasteiger partial charge in [-0.1, -0.05) is 25.3 Å². The number of piperidine rings is 1. The van der Waals surface area contributed by atoms with Gasteiger partial charge in [0.2, 0.25) is 0 Å². The van der Waals surface area contributed by atoms with Crippen LogP contribution in [0.2, 0.25) is 0 Å². The summed E-state index contributed by atoms with van der Waals surface area (Å²) in [6, 6.07) is 5.92. The highest BCUT2D eigenvalue weighted by Crippen LogP contribution is 2.30. The van der Waals surface area contributed by atoms with E-state index >= 15 is 0 Å². The van der Waals surface area contributed by atoms with Gasteiger partial charge in [0.05, 0.1) is 13.7 Å². The van der Waals surface area contributed by atoms with Crippen LogP contribution >= 0.6 is 0 Å². The maximum Gasteiger partial charge on any atom is 0.260 e. The third kappa shape index (κ3) is 7.36. The van der Waals surface area contributed by atoms with E-state index < -0.39 is 12.0 Å². The van der Waals surface area contributed by atoms with Crippen LogP contribution in [0.5, 0.6) is 11.5 Å². The predicted molar refractivity (Wildman–Crippen MR) is 113 cm³/mol. The van der Waals surface area contributed by atoms with E-state index in [4.69, 9.17) is 9.47 Å². The lowest BCUT2D eigenvalue weighted by molar-refractivity contribution is -0.0737. The Labute approximate surface area is 178 Å². The van der Waals surface area contributed by atoms with Crippen molar-refractivity contribution in [2.75, 3.05) is 46.4 Å². The summed E-state index contributed by atoms with van der Waals surface area (Å²) >= 11 is 0. The van der Waals surface area contributed by atoms with Gasteiger partial charge in [0.1, 0.15) is 12.7 Å². The molecule has 0 radical (unpaired) electrons. The van der Waals surface area contributed by atoms with E-state index in [9.17, 15) is 13.9 Å². The topological polar surface area (TPSA) is 45.2 Å². The number of ether oxygens (including phenoxy) is 2.